The number of hydrogen-bond donors (Lipinski definition) is 2. The number of sulfonamides is 1. The summed E-state index contributed by atoms with van der Waals surface area (Å²) in [5.74, 6) is -0.215. The van der Waals surface area contributed by atoms with Crippen molar-refractivity contribution in [3.8, 4) is 0 Å². The van der Waals surface area contributed by atoms with Gasteiger partial charge in [-0.05, 0) is 54.1 Å². The predicted molar refractivity (Wildman–Crippen MR) is 110 cm³/mol. The lowest BCUT2D eigenvalue weighted by molar-refractivity contribution is 0.0950. The Hall–Kier alpha value is -2.55. The lowest BCUT2D eigenvalue weighted by atomic mass is 10.1. The molecule has 0 aliphatic rings. The topological polar surface area (TPSA) is 88.2 Å². The van der Waals surface area contributed by atoms with Crippen molar-refractivity contribution in [3.63, 3.8) is 0 Å². The zero-order valence-electron chi connectivity index (χ0n) is 14.8. The lowest BCUT2D eigenvalue weighted by Gasteiger charge is -2.08. The summed E-state index contributed by atoms with van der Waals surface area (Å²) in [6.45, 7) is 0.475. The maximum absolute atomic E-state index is 12.3. The van der Waals surface area contributed by atoms with Gasteiger partial charge in [-0.15, -0.1) is 0 Å². The quantitative estimate of drug-likeness (QED) is 0.567. The van der Waals surface area contributed by atoms with Crippen LogP contribution in [-0.2, 0) is 23.1 Å². The van der Waals surface area contributed by atoms with E-state index in [4.69, 9.17) is 0 Å². The van der Waals surface area contributed by atoms with E-state index in [1.807, 2.05) is 18.2 Å². The van der Waals surface area contributed by atoms with E-state index in [-0.39, 0.29) is 17.3 Å². The molecule has 2 N–H and O–H groups in total. The van der Waals surface area contributed by atoms with E-state index in [2.05, 4.69) is 31.0 Å². The molecule has 28 heavy (non-hydrogen) atoms. The van der Waals surface area contributed by atoms with E-state index < -0.39 is 10.0 Å². The number of rotatable bonds is 7. The fraction of sp³-hybridized carbons (Fsp3) is 0.100. The second kappa shape index (κ2) is 9.09. The van der Waals surface area contributed by atoms with Gasteiger partial charge in [-0.1, -0.05) is 34.1 Å². The summed E-state index contributed by atoms with van der Waals surface area (Å²) in [6.07, 6.45) is 1.67. The van der Waals surface area contributed by atoms with E-state index in [0.29, 0.717) is 12.1 Å². The van der Waals surface area contributed by atoms with Gasteiger partial charge in [0.25, 0.3) is 5.91 Å². The number of halogens is 1. The molecular formula is C20H18BrN3O3S. The normalized spacial score (nSPS) is 11.2. The number of amides is 1. The van der Waals surface area contributed by atoms with Crippen LogP contribution in [0.1, 0.15) is 21.6 Å². The van der Waals surface area contributed by atoms with Gasteiger partial charge >= 0.3 is 0 Å². The smallest absolute Gasteiger partial charge is 0.251 e. The van der Waals surface area contributed by atoms with Gasteiger partial charge in [-0.25, -0.2) is 13.1 Å². The molecule has 0 radical (unpaired) electrons. The fourth-order valence-electron chi connectivity index (χ4n) is 2.42. The Morgan fingerprint density at radius 3 is 2.29 bits per heavy atom. The largest absolute Gasteiger partial charge is 0.346 e. The number of carbonyl (C=O) groups excluding carboxylic acids is 1. The minimum absolute atomic E-state index is 0.133. The number of carbonyl (C=O) groups is 1. The summed E-state index contributed by atoms with van der Waals surface area (Å²) in [4.78, 5) is 16.6. The number of benzene rings is 2. The van der Waals surface area contributed by atoms with Crippen molar-refractivity contribution in [2.45, 2.75) is 18.0 Å². The average Bonchev–Trinajstić information content (AvgIpc) is 2.72. The monoisotopic (exact) mass is 459 g/mol. The number of nitrogens with one attached hydrogen (secondary N) is 2. The summed E-state index contributed by atoms with van der Waals surface area (Å²) < 4.78 is 28.0. The van der Waals surface area contributed by atoms with E-state index in [1.165, 1.54) is 12.1 Å². The standard InChI is InChI=1S/C20H18BrN3O3S/c21-17-8-10-19(11-9-17)28(26,27)24-13-15-4-6-16(7-5-15)20(25)23-14-18-3-1-2-12-22-18/h1-12,24H,13-14H2,(H,23,25). The first-order chi connectivity index (χ1) is 13.4. The third-order valence-electron chi connectivity index (χ3n) is 3.96. The van der Waals surface area contributed by atoms with Gasteiger partial charge in [-0.3, -0.25) is 9.78 Å². The van der Waals surface area contributed by atoms with Crippen LogP contribution in [-0.4, -0.2) is 19.3 Å². The molecule has 1 heterocycles. The maximum atomic E-state index is 12.3. The lowest BCUT2D eigenvalue weighted by Crippen LogP contribution is -2.24. The highest BCUT2D eigenvalue weighted by Crippen LogP contribution is 2.15. The van der Waals surface area contributed by atoms with Gasteiger partial charge in [0.1, 0.15) is 0 Å². The van der Waals surface area contributed by atoms with Crippen LogP contribution >= 0.6 is 15.9 Å². The average molecular weight is 460 g/mol. The molecule has 0 aliphatic heterocycles. The summed E-state index contributed by atoms with van der Waals surface area (Å²) in [7, 11) is -3.60. The molecule has 0 aliphatic carbocycles. The van der Waals surface area contributed by atoms with Crippen molar-refractivity contribution in [1.29, 1.82) is 0 Å². The van der Waals surface area contributed by atoms with Gasteiger partial charge in [0.15, 0.2) is 0 Å². The summed E-state index contributed by atoms with van der Waals surface area (Å²) in [6, 6.07) is 18.7. The Bertz CT molecular complexity index is 1040. The number of hydrogen-bond acceptors (Lipinski definition) is 4. The summed E-state index contributed by atoms with van der Waals surface area (Å²) in [5, 5.41) is 2.80. The van der Waals surface area contributed by atoms with Crippen molar-refractivity contribution >= 4 is 31.9 Å². The molecule has 0 atom stereocenters. The Morgan fingerprint density at radius 1 is 0.929 bits per heavy atom. The molecule has 0 saturated heterocycles. The first-order valence-corrected chi connectivity index (χ1v) is 10.7. The van der Waals surface area contributed by atoms with Gasteiger partial charge in [-0.2, -0.15) is 0 Å². The Kier molecular flexibility index (Phi) is 6.56. The highest BCUT2D eigenvalue weighted by atomic mass is 79.9. The molecule has 3 rings (SSSR count). The summed E-state index contributed by atoms with van der Waals surface area (Å²) in [5.41, 5.74) is 2.02. The SMILES string of the molecule is O=C(NCc1ccccn1)c1ccc(CNS(=O)(=O)c2ccc(Br)cc2)cc1. The van der Waals surface area contributed by atoms with Crippen LogP contribution < -0.4 is 10.0 Å². The predicted octanol–water partition coefficient (Wildman–Crippen LogP) is 3.25. The Balaban J connectivity index is 1.56. The second-order valence-corrected chi connectivity index (χ2v) is 8.66. The third-order valence-corrected chi connectivity index (χ3v) is 5.91. The molecule has 0 unspecified atom stereocenters. The molecular weight excluding hydrogens is 442 g/mol. The van der Waals surface area contributed by atoms with E-state index in [0.717, 1.165) is 15.7 Å². The molecule has 1 aromatic heterocycles. The van der Waals surface area contributed by atoms with Crippen molar-refractivity contribution in [2.75, 3.05) is 0 Å². The Morgan fingerprint density at radius 2 is 1.64 bits per heavy atom. The Labute approximate surface area is 172 Å². The molecule has 1 amide bonds. The highest BCUT2D eigenvalue weighted by molar-refractivity contribution is 9.10. The zero-order chi connectivity index (χ0) is 20.0. The van der Waals surface area contributed by atoms with Crippen molar-refractivity contribution in [2.24, 2.45) is 0 Å². The molecule has 6 nitrogen and oxygen atoms in total. The molecule has 0 fully saturated rings. The third kappa shape index (κ3) is 5.48. The van der Waals surface area contributed by atoms with Crippen LogP contribution in [0.5, 0.6) is 0 Å². The van der Waals surface area contributed by atoms with Crippen molar-refractivity contribution < 1.29 is 13.2 Å². The molecule has 8 heteroatoms. The van der Waals surface area contributed by atoms with Gasteiger partial charge in [0, 0.05) is 22.8 Å². The first kappa shape index (κ1) is 20.2. The fourth-order valence-corrected chi connectivity index (χ4v) is 3.71. The molecule has 0 spiro atoms. The number of pyridine rings is 1. The molecule has 3 aromatic rings. The van der Waals surface area contributed by atoms with E-state index >= 15 is 0 Å². The van der Waals surface area contributed by atoms with Crippen LogP contribution in [0.2, 0.25) is 0 Å². The summed E-state index contributed by atoms with van der Waals surface area (Å²) >= 11 is 3.28. The minimum Gasteiger partial charge on any atom is -0.346 e. The van der Waals surface area contributed by atoms with Gasteiger partial charge in [0.05, 0.1) is 17.1 Å². The highest BCUT2D eigenvalue weighted by Gasteiger charge is 2.13. The van der Waals surface area contributed by atoms with Crippen molar-refractivity contribution in [1.82, 2.24) is 15.0 Å². The van der Waals surface area contributed by atoms with Crippen LogP contribution in [0.4, 0.5) is 0 Å². The van der Waals surface area contributed by atoms with Crippen molar-refractivity contribution in [3.05, 3.63) is 94.2 Å². The van der Waals surface area contributed by atoms with Crippen LogP contribution in [0, 0.1) is 0 Å². The molecule has 0 saturated carbocycles. The van der Waals surface area contributed by atoms with Gasteiger partial charge in [0.2, 0.25) is 10.0 Å². The molecule has 144 valence electrons. The second-order valence-electron chi connectivity index (χ2n) is 5.98. The van der Waals surface area contributed by atoms with Crippen LogP contribution in [0.25, 0.3) is 0 Å². The van der Waals surface area contributed by atoms with E-state index in [9.17, 15) is 13.2 Å². The number of aromatic nitrogens is 1. The van der Waals surface area contributed by atoms with E-state index in [1.54, 1.807) is 42.6 Å². The van der Waals surface area contributed by atoms with Crippen LogP contribution in [0.3, 0.4) is 0 Å². The van der Waals surface area contributed by atoms with Crippen LogP contribution in [0.15, 0.2) is 82.3 Å². The minimum atomic E-state index is -3.60. The first-order valence-electron chi connectivity index (χ1n) is 8.46. The molecule has 2 aromatic carbocycles. The molecule has 0 bridgehead atoms. The number of nitrogens with zero attached hydrogens (tertiary/aromatic N) is 1. The maximum Gasteiger partial charge on any atom is 0.251 e. The zero-order valence-corrected chi connectivity index (χ0v) is 17.2. The van der Waals surface area contributed by atoms with Gasteiger partial charge < -0.3 is 5.32 Å².